The molecule has 8 nitrogen and oxygen atoms in total. The van der Waals surface area contributed by atoms with Crippen LogP contribution in [0, 0.1) is 5.92 Å². The summed E-state index contributed by atoms with van der Waals surface area (Å²) in [6.07, 6.45) is -0.515. The fourth-order valence-electron chi connectivity index (χ4n) is 2.87. The lowest BCUT2D eigenvalue weighted by atomic mass is 10.0. The van der Waals surface area contributed by atoms with E-state index in [0.29, 0.717) is 17.0 Å². The number of hydrogen-bond acceptors (Lipinski definition) is 5. The van der Waals surface area contributed by atoms with Gasteiger partial charge in [0.15, 0.2) is 11.9 Å². The lowest BCUT2D eigenvalue weighted by Gasteiger charge is -2.33. The highest BCUT2D eigenvalue weighted by atomic mass is 16.5. The van der Waals surface area contributed by atoms with Crippen LogP contribution in [0.2, 0.25) is 0 Å². The van der Waals surface area contributed by atoms with Crippen molar-refractivity contribution in [3.63, 3.8) is 0 Å². The summed E-state index contributed by atoms with van der Waals surface area (Å²) in [7, 11) is 0. The molecule has 27 heavy (non-hydrogen) atoms. The van der Waals surface area contributed by atoms with Crippen LogP contribution >= 0.6 is 0 Å². The third-order valence-electron chi connectivity index (χ3n) is 4.22. The van der Waals surface area contributed by atoms with Crippen LogP contribution in [0.4, 0.5) is 5.69 Å². The monoisotopic (exact) mass is 376 g/mol. The molecule has 1 heterocycles. The maximum absolute atomic E-state index is 12.5. The van der Waals surface area contributed by atoms with Crippen LogP contribution < -0.4 is 15.0 Å². The number of aliphatic carboxylic acids is 1. The molecule has 1 aliphatic rings. The van der Waals surface area contributed by atoms with Gasteiger partial charge in [0, 0.05) is 5.56 Å². The minimum atomic E-state index is -1.13. The van der Waals surface area contributed by atoms with Gasteiger partial charge in [0.05, 0.1) is 5.69 Å². The van der Waals surface area contributed by atoms with E-state index < -0.39 is 29.9 Å². The zero-order valence-electron chi connectivity index (χ0n) is 15.8. The molecule has 2 amide bonds. The number of nitrogens with zero attached hydrogens (tertiary/aromatic N) is 1. The van der Waals surface area contributed by atoms with E-state index in [-0.39, 0.29) is 24.7 Å². The maximum Gasteiger partial charge on any atom is 0.326 e. The number of carboxylic acids is 1. The molecule has 0 saturated heterocycles. The number of hydrogen-bond donors (Lipinski definition) is 2. The number of Topliss-reactive ketones (excluding diaryl/α,β-unsaturated/α-hetero) is 1. The Bertz CT molecular complexity index is 773. The minimum Gasteiger partial charge on any atom is -0.480 e. The molecule has 0 bridgehead atoms. The van der Waals surface area contributed by atoms with Gasteiger partial charge in [0.1, 0.15) is 18.3 Å². The number of nitrogens with one attached hydrogen (secondary N) is 1. The van der Waals surface area contributed by atoms with Crippen LogP contribution in [0.1, 0.15) is 44.5 Å². The Labute approximate surface area is 157 Å². The van der Waals surface area contributed by atoms with Gasteiger partial charge < -0.3 is 15.2 Å². The Morgan fingerprint density at radius 1 is 1.30 bits per heavy atom. The van der Waals surface area contributed by atoms with Gasteiger partial charge in [0.25, 0.3) is 5.91 Å². The molecule has 1 aromatic rings. The van der Waals surface area contributed by atoms with Crippen LogP contribution in [-0.2, 0) is 14.4 Å². The average Bonchev–Trinajstić information content (AvgIpc) is 2.57. The normalized spacial score (nSPS) is 17.1. The summed E-state index contributed by atoms with van der Waals surface area (Å²) >= 11 is 0. The molecule has 0 aliphatic carbocycles. The quantitative estimate of drug-likeness (QED) is 0.699. The number of anilines is 1. The molecule has 2 unspecified atom stereocenters. The first-order valence-electron chi connectivity index (χ1n) is 8.75. The second-order valence-corrected chi connectivity index (χ2v) is 7.01. The fourth-order valence-corrected chi connectivity index (χ4v) is 2.87. The SMILES string of the molecule is CC(=O)c1ccc2c(c1)N(CC(=O)NC(CC(C)C)C(=O)O)C(=O)C(C)O2. The van der Waals surface area contributed by atoms with Crippen molar-refractivity contribution in [2.75, 3.05) is 11.4 Å². The molecule has 2 atom stereocenters. The Hall–Kier alpha value is -2.90. The van der Waals surface area contributed by atoms with Crippen molar-refractivity contribution in [3.8, 4) is 5.75 Å². The van der Waals surface area contributed by atoms with Crippen molar-refractivity contribution in [2.24, 2.45) is 5.92 Å². The number of fused-ring (bicyclic) bond motifs is 1. The smallest absolute Gasteiger partial charge is 0.326 e. The summed E-state index contributed by atoms with van der Waals surface area (Å²) in [6, 6.07) is 3.63. The minimum absolute atomic E-state index is 0.0790. The zero-order chi connectivity index (χ0) is 20.3. The molecule has 146 valence electrons. The summed E-state index contributed by atoms with van der Waals surface area (Å²) in [5.41, 5.74) is 0.699. The number of benzene rings is 1. The molecule has 0 radical (unpaired) electrons. The molecule has 0 spiro atoms. The predicted molar refractivity (Wildman–Crippen MR) is 97.9 cm³/mol. The zero-order valence-corrected chi connectivity index (χ0v) is 15.8. The van der Waals surface area contributed by atoms with Gasteiger partial charge in [0.2, 0.25) is 5.91 Å². The van der Waals surface area contributed by atoms with Crippen molar-refractivity contribution in [2.45, 2.75) is 46.3 Å². The lowest BCUT2D eigenvalue weighted by Crippen LogP contribution is -2.51. The number of amides is 2. The highest BCUT2D eigenvalue weighted by molar-refractivity contribution is 6.05. The molecule has 1 aromatic carbocycles. The molecule has 8 heteroatoms. The van der Waals surface area contributed by atoms with Crippen molar-refractivity contribution in [3.05, 3.63) is 23.8 Å². The first kappa shape index (κ1) is 20.4. The Morgan fingerprint density at radius 3 is 2.52 bits per heavy atom. The topological polar surface area (TPSA) is 113 Å². The number of ketones is 1. The van der Waals surface area contributed by atoms with Gasteiger partial charge in [-0.05, 0) is 44.4 Å². The van der Waals surface area contributed by atoms with Crippen molar-refractivity contribution in [1.29, 1.82) is 0 Å². The number of carboxylic acid groups (broad SMARTS) is 1. The van der Waals surface area contributed by atoms with Crippen molar-refractivity contribution in [1.82, 2.24) is 5.32 Å². The van der Waals surface area contributed by atoms with E-state index >= 15 is 0 Å². The maximum atomic E-state index is 12.5. The fraction of sp³-hybridized carbons (Fsp3) is 0.474. The molecule has 2 rings (SSSR count). The second-order valence-electron chi connectivity index (χ2n) is 7.01. The Balaban J connectivity index is 2.25. The molecule has 0 saturated carbocycles. The van der Waals surface area contributed by atoms with E-state index in [1.165, 1.54) is 17.9 Å². The van der Waals surface area contributed by atoms with E-state index in [0.717, 1.165) is 0 Å². The molecule has 2 N–H and O–H groups in total. The van der Waals surface area contributed by atoms with E-state index in [4.69, 9.17) is 4.74 Å². The summed E-state index contributed by atoms with van der Waals surface area (Å²) in [4.78, 5) is 49.1. The lowest BCUT2D eigenvalue weighted by molar-refractivity contribution is -0.142. The van der Waals surface area contributed by atoms with E-state index in [1.807, 2.05) is 13.8 Å². The van der Waals surface area contributed by atoms with E-state index in [9.17, 15) is 24.3 Å². The highest BCUT2D eigenvalue weighted by Gasteiger charge is 2.34. The summed E-state index contributed by atoms with van der Waals surface area (Å²) < 4.78 is 5.53. The number of ether oxygens (including phenoxy) is 1. The standard InChI is InChI=1S/C19H24N2O6/c1-10(2)7-14(19(25)26)20-17(23)9-21-15-8-13(11(3)22)5-6-16(15)27-12(4)18(21)24/h5-6,8,10,12,14H,7,9H2,1-4H3,(H,20,23)(H,25,26). The van der Waals surface area contributed by atoms with Gasteiger partial charge in [-0.3, -0.25) is 19.3 Å². The molecule has 0 aromatic heterocycles. The molecule has 1 aliphatic heterocycles. The molecule has 0 fully saturated rings. The summed E-state index contributed by atoms with van der Waals surface area (Å²) in [6.45, 7) is 6.32. The van der Waals surface area contributed by atoms with Gasteiger partial charge in [-0.15, -0.1) is 0 Å². The van der Waals surface area contributed by atoms with Gasteiger partial charge >= 0.3 is 5.97 Å². The summed E-state index contributed by atoms with van der Waals surface area (Å²) in [5, 5.41) is 11.7. The van der Waals surface area contributed by atoms with Gasteiger partial charge in [-0.25, -0.2) is 4.79 Å². The Morgan fingerprint density at radius 2 is 1.96 bits per heavy atom. The van der Waals surface area contributed by atoms with Crippen LogP contribution in [-0.4, -0.2) is 47.4 Å². The number of carbonyl (C=O) groups is 4. The summed E-state index contributed by atoms with van der Waals surface area (Å²) in [5.74, 6) is -1.87. The highest BCUT2D eigenvalue weighted by Crippen LogP contribution is 2.34. The van der Waals surface area contributed by atoms with Crippen LogP contribution in [0.3, 0.4) is 0 Å². The van der Waals surface area contributed by atoms with Crippen molar-refractivity contribution < 1.29 is 29.0 Å². The van der Waals surface area contributed by atoms with Crippen LogP contribution in [0.15, 0.2) is 18.2 Å². The molecular weight excluding hydrogens is 352 g/mol. The van der Waals surface area contributed by atoms with Crippen molar-refractivity contribution >= 4 is 29.3 Å². The van der Waals surface area contributed by atoms with E-state index in [1.54, 1.807) is 19.1 Å². The average molecular weight is 376 g/mol. The Kier molecular flexibility index (Phi) is 6.20. The van der Waals surface area contributed by atoms with Crippen LogP contribution in [0.5, 0.6) is 5.75 Å². The second kappa shape index (κ2) is 8.20. The third kappa shape index (κ3) is 4.84. The largest absolute Gasteiger partial charge is 0.480 e. The van der Waals surface area contributed by atoms with E-state index in [2.05, 4.69) is 5.32 Å². The molecular formula is C19H24N2O6. The predicted octanol–water partition coefficient (Wildman–Crippen LogP) is 1.62. The third-order valence-corrected chi connectivity index (χ3v) is 4.22. The van der Waals surface area contributed by atoms with Gasteiger partial charge in [-0.1, -0.05) is 13.8 Å². The van der Waals surface area contributed by atoms with Crippen LogP contribution in [0.25, 0.3) is 0 Å². The van der Waals surface area contributed by atoms with Gasteiger partial charge in [-0.2, -0.15) is 0 Å². The number of carbonyl (C=O) groups excluding carboxylic acids is 3. The first-order chi connectivity index (χ1) is 12.6. The number of rotatable bonds is 7. The first-order valence-corrected chi connectivity index (χ1v) is 8.75.